The number of carbonyl (C=O) groups is 2. The molecule has 1 atom stereocenters. The molecular formula is C12H15NO5. The first-order valence-corrected chi connectivity index (χ1v) is 5.35. The molecule has 6 heteroatoms. The van der Waals surface area contributed by atoms with Crippen LogP contribution in [-0.4, -0.2) is 34.3 Å². The van der Waals surface area contributed by atoms with Crippen LogP contribution in [0.5, 0.6) is 0 Å². The molecule has 0 amide bonds. The molecule has 0 fully saturated rings. The monoisotopic (exact) mass is 253 g/mol. The topological polar surface area (TPSA) is 110 Å². The molecule has 1 rings (SSSR count). The summed E-state index contributed by atoms with van der Waals surface area (Å²) in [4.78, 5) is 22.6. The van der Waals surface area contributed by atoms with Crippen molar-refractivity contribution < 1.29 is 24.5 Å². The number of carboxylic acid groups (broad SMARTS) is 1. The van der Waals surface area contributed by atoms with Gasteiger partial charge in [-0.2, -0.15) is 0 Å². The number of nitrogens with two attached hydrogens (primary N) is 1. The van der Waals surface area contributed by atoms with Crippen LogP contribution in [0.4, 0.5) is 0 Å². The zero-order chi connectivity index (χ0) is 13.6. The van der Waals surface area contributed by atoms with Crippen molar-refractivity contribution >= 4 is 11.9 Å². The first-order valence-electron chi connectivity index (χ1n) is 5.35. The minimum Gasteiger partial charge on any atom is -0.479 e. The summed E-state index contributed by atoms with van der Waals surface area (Å²) >= 11 is 0. The van der Waals surface area contributed by atoms with Gasteiger partial charge in [-0.15, -0.1) is 0 Å². The lowest BCUT2D eigenvalue weighted by Gasteiger charge is -2.21. The molecule has 98 valence electrons. The number of aliphatic hydroxyl groups is 1. The number of benzene rings is 1. The Labute approximate surface area is 104 Å². The van der Waals surface area contributed by atoms with Gasteiger partial charge in [-0.3, -0.25) is 0 Å². The van der Waals surface area contributed by atoms with E-state index in [4.69, 9.17) is 20.7 Å². The maximum absolute atomic E-state index is 11.6. The highest BCUT2D eigenvalue weighted by atomic mass is 16.5. The largest absolute Gasteiger partial charge is 0.479 e. The molecule has 0 radical (unpaired) electrons. The number of aliphatic hydroxyl groups excluding tert-OH is 1. The molecule has 0 spiro atoms. The lowest BCUT2D eigenvalue weighted by Crippen LogP contribution is -2.56. The number of hydrogen-bond acceptors (Lipinski definition) is 5. The number of hydrogen-bond donors (Lipinski definition) is 3. The molecule has 0 aliphatic carbocycles. The Morgan fingerprint density at radius 3 is 2.39 bits per heavy atom. The highest BCUT2D eigenvalue weighted by Gasteiger charge is 2.43. The Hall–Kier alpha value is -1.92. The smallest absolute Gasteiger partial charge is 0.338 e. The highest BCUT2D eigenvalue weighted by molar-refractivity contribution is 6.03. The predicted octanol–water partition coefficient (Wildman–Crippen LogP) is -0.106. The van der Waals surface area contributed by atoms with Gasteiger partial charge in [0.2, 0.25) is 5.54 Å². The van der Waals surface area contributed by atoms with E-state index < -0.39 is 30.5 Å². The first kappa shape index (κ1) is 14.1. The molecule has 1 unspecified atom stereocenters. The van der Waals surface area contributed by atoms with Crippen LogP contribution in [0.3, 0.4) is 0 Å². The molecule has 0 heterocycles. The van der Waals surface area contributed by atoms with Gasteiger partial charge in [0.25, 0.3) is 0 Å². The van der Waals surface area contributed by atoms with Crippen molar-refractivity contribution in [2.24, 2.45) is 5.73 Å². The molecule has 0 saturated heterocycles. The van der Waals surface area contributed by atoms with E-state index in [0.29, 0.717) is 0 Å². The van der Waals surface area contributed by atoms with Crippen molar-refractivity contribution in [3.8, 4) is 0 Å². The van der Waals surface area contributed by atoms with E-state index in [1.165, 1.54) is 0 Å². The standard InChI is InChI=1S/C12H15NO5/c13-12(6-7-14,10(15)16)11(17)18-8-9-4-2-1-3-5-9/h1-5,14H,6-8,13H2,(H,15,16). The fourth-order valence-electron chi connectivity index (χ4n) is 1.32. The highest BCUT2D eigenvalue weighted by Crippen LogP contribution is 2.11. The van der Waals surface area contributed by atoms with E-state index in [0.717, 1.165) is 5.56 Å². The lowest BCUT2D eigenvalue weighted by atomic mass is 9.97. The number of aliphatic carboxylic acids is 1. The second kappa shape index (κ2) is 6.13. The normalized spacial score (nSPS) is 13.7. The van der Waals surface area contributed by atoms with Crippen LogP contribution >= 0.6 is 0 Å². The number of esters is 1. The second-order valence-electron chi connectivity index (χ2n) is 3.81. The first-order chi connectivity index (χ1) is 8.50. The van der Waals surface area contributed by atoms with E-state index in [-0.39, 0.29) is 6.61 Å². The predicted molar refractivity (Wildman–Crippen MR) is 62.5 cm³/mol. The fraction of sp³-hybridized carbons (Fsp3) is 0.333. The number of ether oxygens (including phenoxy) is 1. The third-order valence-corrected chi connectivity index (χ3v) is 2.46. The zero-order valence-electron chi connectivity index (χ0n) is 9.70. The van der Waals surface area contributed by atoms with Crippen LogP contribution in [0, 0.1) is 0 Å². The fourth-order valence-corrected chi connectivity index (χ4v) is 1.32. The van der Waals surface area contributed by atoms with Crippen molar-refractivity contribution in [2.75, 3.05) is 6.61 Å². The average molecular weight is 253 g/mol. The van der Waals surface area contributed by atoms with Crippen LogP contribution in [-0.2, 0) is 20.9 Å². The van der Waals surface area contributed by atoms with Gasteiger partial charge in [-0.25, -0.2) is 9.59 Å². The zero-order valence-corrected chi connectivity index (χ0v) is 9.70. The van der Waals surface area contributed by atoms with Crippen molar-refractivity contribution in [1.29, 1.82) is 0 Å². The van der Waals surface area contributed by atoms with Gasteiger partial charge in [0, 0.05) is 13.0 Å². The van der Waals surface area contributed by atoms with E-state index >= 15 is 0 Å². The van der Waals surface area contributed by atoms with Crippen LogP contribution < -0.4 is 5.73 Å². The minimum absolute atomic E-state index is 0.0582. The van der Waals surface area contributed by atoms with Crippen LogP contribution in [0.1, 0.15) is 12.0 Å². The maximum Gasteiger partial charge on any atom is 0.338 e. The van der Waals surface area contributed by atoms with Gasteiger partial charge in [-0.1, -0.05) is 30.3 Å². The molecule has 0 aromatic heterocycles. The molecule has 4 N–H and O–H groups in total. The minimum atomic E-state index is -2.20. The molecule has 1 aromatic rings. The summed E-state index contributed by atoms with van der Waals surface area (Å²) in [6.45, 7) is -0.569. The van der Waals surface area contributed by atoms with Crippen molar-refractivity contribution in [3.63, 3.8) is 0 Å². The Morgan fingerprint density at radius 1 is 1.28 bits per heavy atom. The molecule has 18 heavy (non-hydrogen) atoms. The summed E-state index contributed by atoms with van der Waals surface area (Å²) in [5.41, 5.74) is 3.94. The van der Waals surface area contributed by atoms with Crippen molar-refractivity contribution in [2.45, 2.75) is 18.6 Å². The van der Waals surface area contributed by atoms with E-state index in [2.05, 4.69) is 0 Å². The Morgan fingerprint density at radius 2 is 1.89 bits per heavy atom. The van der Waals surface area contributed by atoms with Gasteiger partial charge >= 0.3 is 11.9 Å². The second-order valence-corrected chi connectivity index (χ2v) is 3.81. The third kappa shape index (κ3) is 3.28. The molecule has 0 bridgehead atoms. The summed E-state index contributed by atoms with van der Waals surface area (Å²) in [5, 5.41) is 17.6. The van der Waals surface area contributed by atoms with Crippen molar-refractivity contribution in [3.05, 3.63) is 35.9 Å². The summed E-state index contributed by atoms with van der Waals surface area (Å²) in [5.74, 6) is -2.58. The molecule has 0 saturated carbocycles. The Bertz CT molecular complexity index is 420. The lowest BCUT2D eigenvalue weighted by molar-refractivity contribution is -0.162. The number of carbonyl (C=O) groups excluding carboxylic acids is 1. The van der Waals surface area contributed by atoms with Gasteiger partial charge in [0.1, 0.15) is 6.61 Å². The van der Waals surface area contributed by atoms with E-state index in [1.54, 1.807) is 24.3 Å². The van der Waals surface area contributed by atoms with E-state index in [1.807, 2.05) is 6.07 Å². The van der Waals surface area contributed by atoms with Crippen molar-refractivity contribution in [1.82, 2.24) is 0 Å². The van der Waals surface area contributed by atoms with Gasteiger partial charge < -0.3 is 20.7 Å². The summed E-state index contributed by atoms with van der Waals surface area (Å²) in [6, 6.07) is 8.81. The number of rotatable bonds is 6. The average Bonchev–Trinajstić information content (AvgIpc) is 2.37. The van der Waals surface area contributed by atoms with Gasteiger partial charge in [0.15, 0.2) is 0 Å². The molecule has 0 aliphatic heterocycles. The molecular weight excluding hydrogens is 238 g/mol. The van der Waals surface area contributed by atoms with Gasteiger partial charge in [0.05, 0.1) is 0 Å². The SMILES string of the molecule is NC(CCO)(C(=O)O)C(=O)OCc1ccccc1. The summed E-state index contributed by atoms with van der Waals surface area (Å²) < 4.78 is 4.85. The molecule has 1 aromatic carbocycles. The summed E-state index contributed by atoms with van der Waals surface area (Å²) in [7, 11) is 0. The van der Waals surface area contributed by atoms with Crippen LogP contribution in [0.25, 0.3) is 0 Å². The van der Waals surface area contributed by atoms with E-state index in [9.17, 15) is 9.59 Å². The Kier molecular flexibility index (Phi) is 4.82. The number of carboxylic acids is 1. The van der Waals surface area contributed by atoms with Crippen LogP contribution in [0.2, 0.25) is 0 Å². The Balaban J connectivity index is 2.66. The van der Waals surface area contributed by atoms with Crippen LogP contribution in [0.15, 0.2) is 30.3 Å². The quantitative estimate of drug-likeness (QED) is 0.482. The molecule has 0 aliphatic rings. The van der Waals surface area contributed by atoms with Gasteiger partial charge in [-0.05, 0) is 5.56 Å². The third-order valence-electron chi connectivity index (χ3n) is 2.46. The summed E-state index contributed by atoms with van der Waals surface area (Å²) in [6.07, 6.45) is -0.393. The maximum atomic E-state index is 11.6. The molecule has 6 nitrogen and oxygen atoms in total.